The molecule has 0 aromatic heterocycles. The zero-order valence-corrected chi connectivity index (χ0v) is 10.2. The average molecular weight is 260 g/mol. The molecule has 0 atom stereocenters. The highest BCUT2D eigenvalue weighted by Crippen LogP contribution is 2.17. The Balaban J connectivity index is 2.48. The quantitative estimate of drug-likeness (QED) is 0.872. The van der Waals surface area contributed by atoms with E-state index in [0.717, 1.165) is 11.1 Å². The standard InChI is InChI=1S/C12H15F3N2O/c1-8-4-3-5-10(9(8)2)17-11(18)6-16-7-12(13,14)15/h3-5,16H,6-7H2,1-2H3,(H,17,18). The molecule has 0 heterocycles. The van der Waals surface area contributed by atoms with Crippen molar-refractivity contribution < 1.29 is 18.0 Å². The van der Waals surface area contributed by atoms with E-state index in [1.165, 1.54) is 0 Å². The number of nitrogens with one attached hydrogen (secondary N) is 2. The summed E-state index contributed by atoms with van der Waals surface area (Å²) in [4.78, 5) is 11.4. The fourth-order valence-electron chi connectivity index (χ4n) is 1.40. The highest BCUT2D eigenvalue weighted by atomic mass is 19.4. The summed E-state index contributed by atoms with van der Waals surface area (Å²) in [6.45, 7) is 2.20. The maximum atomic E-state index is 11.9. The van der Waals surface area contributed by atoms with Crippen LogP contribution in [0.5, 0.6) is 0 Å². The second-order valence-electron chi connectivity index (χ2n) is 4.01. The number of amides is 1. The molecule has 1 amide bonds. The molecule has 0 aliphatic heterocycles. The smallest absolute Gasteiger partial charge is 0.325 e. The number of aryl methyl sites for hydroxylation is 1. The summed E-state index contributed by atoms with van der Waals surface area (Å²) >= 11 is 0. The fourth-order valence-corrected chi connectivity index (χ4v) is 1.40. The molecule has 6 heteroatoms. The van der Waals surface area contributed by atoms with E-state index in [1.807, 2.05) is 25.2 Å². The molecule has 0 bridgehead atoms. The highest BCUT2D eigenvalue weighted by molar-refractivity contribution is 5.93. The van der Waals surface area contributed by atoms with Crippen LogP contribution in [-0.2, 0) is 4.79 Å². The second kappa shape index (κ2) is 5.86. The van der Waals surface area contributed by atoms with E-state index >= 15 is 0 Å². The molecule has 2 N–H and O–H groups in total. The van der Waals surface area contributed by atoms with E-state index < -0.39 is 18.6 Å². The molecule has 1 rings (SSSR count). The summed E-state index contributed by atoms with van der Waals surface area (Å²) in [6, 6.07) is 5.39. The molecule has 0 spiro atoms. The molecule has 100 valence electrons. The molecule has 0 radical (unpaired) electrons. The molecular weight excluding hydrogens is 245 g/mol. The number of hydrogen-bond acceptors (Lipinski definition) is 2. The first-order valence-corrected chi connectivity index (χ1v) is 5.43. The first-order valence-electron chi connectivity index (χ1n) is 5.43. The van der Waals surface area contributed by atoms with Gasteiger partial charge in [0.15, 0.2) is 0 Å². The van der Waals surface area contributed by atoms with Gasteiger partial charge in [-0.15, -0.1) is 0 Å². The lowest BCUT2D eigenvalue weighted by Gasteiger charge is -2.11. The topological polar surface area (TPSA) is 41.1 Å². The summed E-state index contributed by atoms with van der Waals surface area (Å²) in [6.07, 6.45) is -4.31. The van der Waals surface area contributed by atoms with E-state index in [2.05, 4.69) is 5.32 Å². The minimum absolute atomic E-state index is 0.368. The Morgan fingerprint density at radius 1 is 1.28 bits per heavy atom. The van der Waals surface area contributed by atoms with Crippen molar-refractivity contribution >= 4 is 11.6 Å². The molecule has 0 aliphatic carbocycles. The van der Waals surface area contributed by atoms with Gasteiger partial charge in [0.1, 0.15) is 0 Å². The van der Waals surface area contributed by atoms with Gasteiger partial charge in [0.2, 0.25) is 5.91 Å². The largest absolute Gasteiger partial charge is 0.401 e. The monoisotopic (exact) mass is 260 g/mol. The predicted octanol–water partition coefficient (Wildman–Crippen LogP) is 2.39. The third kappa shape index (κ3) is 4.75. The number of alkyl halides is 3. The Hall–Kier alpha value is -1.56. The van der Waals surface area contributed by atoms with E-state index in [4.69, 9.17) is 0 Å². The third-order valence-corrected chi connectivity index (χ3v) is 2.49. The molecule has 0 unspecified atom stereocenters. The maximum absolute atomic E-state index is 11.9. The van der Waals surface area contributed by atoms with Crippen LogP contribution < -0.4 is 10.6 Å². The van der Waals surface area contributed by atoms with Crippen molar-refractivity contribution in [1.82, 2.24) is 5.32 Å². The highest BCUT2D eigenvalue weighted by Gasteiger charge is 2.26. The summed E-state index contributed by atoms with van der Waals surface area (Å²) < 4.78 is 35.6. The molecule has 0 fully saturated rings. The SMILES string of the molecule is Cc1cccc(NC(=O)CNCC(F)(F)F)c1C. The second-order valence-corrected chi connectivity index (χ2v) is 4.01. The van der Waals surface area contributed by atoms with Crippen LogP contribution in [0.1, 0.15) is 11.1 Å². The minimum atomic E-state index is -4.31. The van der Waals surface area contributed by atoms with Crippen LogP contribution in [0.3, 0.4) is 0 Å². The molecule has 0 saturated heterocycles. The Bertz CT molecular complexity index is 430. The third-order valence-electron chi connectivity index (χ3n) is 2.49. The number of benzene rings is 1. The fraction of sp³-hybridized carbons (Fsp3) is 0.417. The molecule has 3 nitrogen and oxygen atoms in total. The van der Waals surface area contributed by atoms with E-state index in [-0.39, 0.29) is 6.54 Å². The Morgan fingerprint density at radius 2 is 1.94 bits per heavy atom. The molecule has 1 aromatic carbocycles. The molecule has 0 saturated carbocycles. The van der Waals surface area contributed by atoms with Crippen molar-refractivity contribution in [3.8, 4) is 0 Å². The number of carbonyl (C=O) groups excluding carboxylic acids is 1. The van der Waals surface area contributed by atoms with Gasteiger partial charge in [0.25, 0.3) is 0 Å². The van der Waals surface area contributed by atoms with Crippen molar-refractivity contribution in [2.24, 2.45) is 0 Å². The molecular formula is C12H15F3N2O. The zero-order valence-electron chi connectivity index (χ0n) is 10.2. The predicted molar refractivity (Wildman–Crippen MR) is 63.5 cm³/mol. The average Bonchev–Trinajstić information content (AvgIpc) is 2.23. The first-order chi connectivity index (χ1) is 8.29. The maximum Gasteiger partial charge on any atom is 0.401 e. The van der Waals surface area contributed by atoms with Crippen molar-refractivity contribution in [3.63, 3.8) is 0 Å². The van der Waals surface area contributed by atoms with Crippen molar-refractivity contribution in [2.75, 3.05) is 18.4 Å². The Morgan fingerprint density at radius 3 is 2.56 bits per heavy atom. The van der Waals surface area contributed by atoms with Gasteiger partial charge < -0.3 is 10.6 Å². The van der Waals surface area contributed by atoms with Gasteiger partial charge in [-0.2, -0.15) is 13.2 Å². The van der Waals surface area contributed by atoms with Gasteiger partial charge in [-0.1, -0.05) is 12.1 Å². The lowest BCUT2D eigenvalue weighted by Crippen LogP contribution is -2.35. The first kappa shape index (κ1) is 14.5. The number of hydrogen-bond donors (Lipinski definition) is 2. The van der Waals surface area contributed by atoms with Crippen LogP contribution in [0, 0.1) is 13.8 Å². The summed E-state index contributed by atoms with van der Waals surface area (Å²) in [5.41, 5.74) is 2.53. The number of rotatable bonds is 4. The molecule has 0 aliphatic rings. The summed E-state index contributed by atoms with van der Waals surface area (Å²) in [5, 5.41) is 4.61. The van der Waals surface area contributed by atoms with E-state index in [9.17, 15) is 18.0 Å². The van der Waals surface area contributed by atoms with Crippen LogP contribution in [-0.4, -0.2) is 25.2 Å². The Kier molecular flexibility index (Phi) is 4.72. The van der Waals surface area contributed by atoms with Gasteiger partial charge >= 0.3 is 6.18 Å². The lowest BCUT2D eigenvalue weighted by molar-refractivity contribution is -0.126. The van der Waals surface area contributed by atoms with Gasteiger partial charge in [-0.05, 0) is 31.0 Å². The number of carbonyl (C=O) groups is 1. The van der Waals surface area contributed by atoms with Crippen LogP contribution in [0.15, 0.2) is 18.2 Å². The van der Waals surface area contributed by atoms with E-state index in [1.54, 1.807) is 12.1 Å². The van der Waals surface area contributed by atoms with Crippen LogP contribution in [0.2, 0.25) is 0 Å². The lowest BCUT2D eigenvalue weighted by atomic mass is 10.1. The zero-order chi connectivity index (χ0) is 13.8. The van der Waals surface area contributed by atoms with Crippen LogP contribution in [0.25, 0.3) is 0 Å². The van der Waals surface area contributed by atoms with Crippen molar-refractivity contribution in [3.05, 3.63) is 29.3 Å². The minimum Gasteiger partial charge on any atom is -0.325 e. The molecule has 18 heavy (non-hydrogen) atoms. The number of anilines is 1. The summed E-state index contributed by atoms with van der Waals surface area (Å²) in [5.74, 6) is -0.493. The van der Waals surface area contributed by atoms with Gasteiger partial charge in [0.05, 0.1) is 13.1 Å². The summed E-state index contributed by atoms with van der Waals surface area (Å²) in [7, 11) is 0. The number of halogens is 3. The van der Waals surface area contributed by atoms with Gasteiger partial charge in [0, 0.05) is 5.69 Å². The van der Waals surface area contributed by atoms with Crippen LogP contribution in [0.4, 0.5) is 18.9 Å². The van der Waals surface area contributed by atoms with E-state index in [0.29, 0.717) is 5.69 Å². The molecule has 1 aromatic rings. The van der Waals surface area contributed by atoms with Crippen molar-refractivity contribution in [2.45, 2.75) is 20.0 Å². The normalized spacial score (nSPS) is 11.4. The van der Waals surface area contributed by atoms with Crippen molar-refractivity contribution in [1.29, 1.82) is 0 Å². The van der Waals surface area contributed by atoms with Crippen LogP contribution >= 0.6 is 0 Å². The van der Waals surface area contributed by atoms with Gasteiger partial charge in [-0.3, -0.25) is 4.79 Å². The Labute approximate surface area is 103 Å². The van der Waals surface area contributed by atoms with Gasteiger partial charge in [-0.25, -0.2) is 0 Å².